The first-order chi connectivity index (χ1) is 9.85. The molecule has 20 heavy (non-hydrogen) atoms. The Morgan fingerprint density at radius 2 is 1.50 bits per heavy atom. The molecule has 2 aromatic rings. The van der Waals surface area contributed by atoms with Crippen LogP contribution in [0.3, 0.4) is 0 Å². The van der Waals surface area contributed by atoms with Crippen molar-refractivity contribution in [3.05, 3.63) is 71.8 Å². The summed E-state index contributed by atoms with van der Waals surface area (Å²) in [6.07, 6.45) is 0.849. The zero-order valence-corrected chi connectivity index (χ0v) is 11.4. The van der Waals surface area contributed by atoms with Gasteiger partial charge < -0.3 is 15.2 Å². The Labute approximate surface area is 119 Å². The van der Waals surface area contributed by atoms with Crippen molar-refractivity contribution in [3.63, 3.8) is 0 Å². The van der Waals surface area contributed by atoms with Crippen LogP contribution in [0.4, 0.5) is 0 Å². The smallest absolute Gasteiger partial charge is 0.222 e. The number of hydrogen-bond donors (Lipinski definition) is 1. The molecule has 0 amide bonds. The van der Waals surface area contributed by atoms with E-state index in [0.717, 1.165) is 17.5 Å². The van der Waals surface area contributed by atoms with Crippen LogP contribution < -0.4 is 5.73 Å². The highest BCUT2D eigenvalue weighted by molar-refractivity contribution is 5.34. The molecule has 2 N–H and O–H groups in total. The molecule has 3 nitrogen and oxygen atoms in total. The maximum Gasteiger partial charge on any atom is 0.222 e. The molecule has 3 rings (SSSR count). The molecule has 2 aromatic carbocycles. The van der Waals surface area contributed by atoms with Crippen LogP contribution in [0, 0.1) is 0 Å². The largest absolute Gasteiger partial charge is 0.339 e. The quantitative estimate of drug-likeness (QED) is 0.928. The van der Waals surface area contributed by atoms with E-state index in [2.05, 4.69) is 0 Å². The summed E-state index contributed by atoms with van der Waals surface area (Å²) in [6, 6.07) is 20.2. The molecule has 1 fully saturated rings. The lowest BCUT2D eigenvalue weighted by molar-refractivity contribution is -0.143. The molecule has 0 aromatic heterocycles. The first-order valence-electron chi connectivity index (χ1n) is 6.98. The van der Waals surface area contributed by atoms with Gasteiger partial charge in [-0.3, -0.25) is 0 Å². The fraction of sp³-hybridized carbons (Fsp3) is 0.294. The molecular weight excluding hydrogens is 250 g/mol. The van der Waals surface area contributed by atoms with Gasteiger partial charge in [0, 0.05) is 11.1 Å². The van der Waals surface area contributed by atoms with Gasteiger partial charge in [-0.05, 0) is 13.0 Å². The van der Waals surface area contributed by atoms with Crippen LogP contribution in [0.2, 0.25) is 0 Å². The first kappa shape index (κ1) is 13.3. The molecular formula is C17H19NO2. The van der Waals surface area contributed by atoms with Crippen molar-refractivity contribution in [2.24, 2.45) is 5.73 Å². The molecule has 104 valence electrons. The summed E-state index contributed by atoms with van der Waals surface area (Å²) in [5.74, 6) is -0.803. The fourth-order valence-corrected chi connectivity index (χ4v) is 2.63. The third kappa shape index (κ3) is 2.36. The minimum atomic E-state index is -0.803. The van der Waals surface area contributed by atoms with Crippen molar-refractivity contribution in [2.75, 3.05) is 13.2 Å². The van der Waals surface area contributed by atoms with Gasteiger partial charge in [0.15, 0.2) is 0 Å². The average molecular weight is 269 g/mol. The average Bonchev–Trinajstić information content (AvgIpc) is 2.95. The Bertz CT molecular complexity index is 502. The van der Waals surface area contributed by atoms with E-state index in [4.69, 9.17) is 15.2 Å². The van der Waals surface area contributed by atoms with Crippen molar-refractivity contribution < 1.29 is 9.47 Å². The molecule has 0 spiro atoms. The Kier molecular flexibility index (Phi) is 3.83. The summed E-state index contributed by atoms with van der Waals surface area (Å²) in [4.78, 5) is 0. The van der Waals surface area contributed by atoms with E-state index in [1.807, 2.05) is 60.7 Å². The minimum Gasteiger partial charge on any atom is -0.339 e. The second kappa shape index (κ2) is 5.75. The van der Waals surface area contributed by atoms with Crippen LogP contribution in [0.15, 0.2) is 60.7 Å². The van der Waals surface area contributed by atoms with Gasteiger partial charge in [-0.2, -0.15) is 0 Å². The third-order valence-electron chi connectivity index (χ3n) is 3.60. The number of rotatable bonds is 4. The van der Waals surface area contributed by atoms with Crippen molar-refractivity contribution in [3.8, 4) is 0 Å². The van der Waals surface area contributed by atoms with Crippen molar-refractivity contribution in [2.45, 2.75) is 18.3 Å². The lowest BCUT2D eigenvalue weighted by Crippen LogP contribution is -2.30. The maximum absolute atomic E-state index is 6.26. The van der Waals surface area contributed by atoms with Crippen molar-refractivity contribution in [1.82, 2.24) is 0 Å². The first-order valence-corrected chi connectivity index (χ1v) is 6.98. The highest BCUT2D eigenvalue weighted by Gasteiger charge is 2.44. The van der Waals surface area contributed by atoms with Crippen LogP contribution >= 0.6 is 0 Å². The zero-order chi connectivity index (χ0) is 13.8. The molecule has 0 radical (unpaired) electrons. The predicted octanol–water partition coefficient (Wildman–Crippen LogP) is 2.65. The summed E-state index contributed by atoms with van der Waals surface area (Å²) in [5.41, 5.74) is 7.68. The summed E-state index contributed by atoms with van der Waals surface area (Å²) in [7, 11) is 0. The molecule has 0 aliphatic carbocycles. The van der Waals surface area contributed by atoms with Crippen LogP contribution in [0.25, 0.3) is 0 Å². The Morgan fingerprint density at radius 1 is 0.950 bits per heavy atom. The standard InChI is InChI=1S/C17H19NO2/c18-12-11-16-13-19-17(20-16,14-7-3-1-4-8-14)15-9-5-2-6-10-15/h1-10,16H,11-13,18H2/t16-/m0/s1. The summed E-state index contributed by atoms with van der Waals surface area (Å²) < 4.78 is 12.4. The number of nitrogens with two attached hydrogens (primary N) is 1. The normalized spacial score (nSPS) is 20.9. The number of ether oxygens (including phenoxy) is 2. The van der Waals surface area contributed by atoms with E-state index < -0.39 is 5.79 Å². The Morgan fingerprint density at radius 3 is 2.00 bits per heavy atom. The summed E-state index contributed by atoms with van der Waals surface area (Å²) >= 11 is 0. The minimum absolute atomic E-state index is 0.0420. The Hall–Kier alpha value is -1.68. The molecule has 0 saturated carbocycles. The number of hydrogen-bond acceptors (Lipinski definition) is 3. The Balaban J connectivity index is 2.01. The van der Waals surface area contributed by atoms with Crippen LogP contribution in [-0.4, -0.2) is 19.3 Å². The molecule has 0 bridgehead atoms. The van der Waals surface area contributed by atoms with E-state index in [-0.39, 0.29) is 6.10 Å². The predicted molar refractivity (Wildman–Crippen MR) is 78.2 cm³/mol. The van der Waals surface area contributed by atoms with Crippen molar-refractivity contribution in [1.29, 1.82) is 0 Å². The summed E-state index contributed by atoms with van der Waals surface area (Å²) in [5, 5.41) is 0. The lowest BCUT2D eigenvalue weighted by atomic mass is 9.97. The lowest BCUT2D eigenvalue weighted by Gasteiger charge is -2.29. The van der Waals surface area contributed by atoms with E-state index in [9.17, 15) is 0 Å². The molecule has 0 unspecified atom stereocenters. The van der Waals surface area contributed by atoms with Gasteiger partial charge in [-0.25, -0.2) is 0 Å². The van der Waals surface area contributed by atoms with Crippen LogP contribution in [0.5, 0.6) is 0 Å². The fourth-order valence-electron chi connectivity index (χ4n) is 2.63. The van der Waals surface area contributed by atoms with Gasteiger partial charge in [0.1, 0.15) is 0 Å². The zero-order valence-electron chi connectivity index (χ0n) is 11.4. The van der Waals surface area contributed by atoms with Gasteiger partial charge in [0.2, 0.25) is 5.79 Å². The van der Waals surface area contributed by atoms with Crippen LogP contribution in [-0.2, 0) is 15.3 Å². The van der Waals surface area contributed by atoms with E-state index in [1.165, 1.54) is 0 Å². The van der Waals surface area contributed by atoms with Gasteiger partial charge in [0.25, 0.3) is 0 Å². The van der Waals surface area contributed by atoms with Gasteiger partial charge in [-0.15, -0.1) is 0 Å². The third-order valence-corrected chi connectivity index (χ3v) is 3.60. The maximum atomic E-state index is 6.26. The topological polar surface area (TPSA) is 44.5 Å². The molecule has 1 atom stereocenters. The van der Waals surface area contributed by atoms with Gasteiger partial charge in [0.05, 0.1) is 12.7 Å². The SMILES string of the molecule is NCC[C@H]1COC(c2ccccc2)(c2ccccc2)O1. The molecule has 1 saturated heterocycles. The summed E-state index contributed by atoms with van der Waals surface area (Å²) in [6.45, 7) is 1.18. The second-order valence-electron chi connectivity index (χ2n) is 4.98. The highest BCUT2D eigenvalue weighted by atomic mass is 16.7. The van der Waals surface area contributed by atoms with E-state index in [0.29, 0.717) is 13.2 Å². The van der Waals surface area contributed by atoms with E-state index in [1.54, 1.807) is 0 Å². The van der Waals surface area contributed by atoms with E-state index >= 15 is 0 Å². The highest BCUT2D eigenvalue weighted by Crippen LogP contribution is 2.40. The molecule has 1 heterocycles. The molecule has 1 aliphatic rings. The number of benzene rings is 2. The monoisotopic (exact) mass is 269 g/mol. The van der Waals surface area contributed by atoms with Gasteiger partial charge >= 0.3 is 0 Å². The van der Waals surface area contributed by atoms with Crippen molar-refractivity contribution >= 4 is 0 Å². The molecule has 3 heteroatoms. The van der Waals surface area contributed by atoms with Crippen LogP contribution in [0.1, 0.15) is 17.5 Å². The van der Waals surface area contributed by atoms with Gasteiger partial charge in [-0.1, -0.05) is 60.7 Å². The second-order valence-corrected chi connectivity index (χ2v) is 4.98. The molecule has 1 aliphatic heterocycles.